The zero-order chi connectivity index (χ0) is 13.7. The van der Waals surface area contributed by atoms with E-state index in [9.17, 15) is 0 Å². The van der Waals surface area contributed by atoms with Crippen LogP contribution in [0.5, 0.6) is 0 Å². The summed E-state index contributed by atoms with van der Waals surface area (Å²) in [6, 6.07) is 9.90. The standard InChI is InChI=1S/C16H28N2/c1-12(2)11-18(13(3)4)16-9-7-15(8-10-16)14(5)17-6/h7-10,12-14,17H,11H2,1-6H3. The maximum Gasteiger partial charge on any atom is 0.0368 e. The molecule has 0 aromatic heterocycles. The molecule has 1 atom stereocenters. The Morgan fingerprint density at radius 2 is 1.56 bits per heavy atom. The summed E-state index contributed by atoms with van der Waals surface area (Å²) in [5.74, 6) is 0.684. The molecule has 1 aromatic rings. The lowest BCUT2D eigenvalue weighted by molar-refractivity contribution is 0.570. The van der Waals surface area contributed by atoms with Gasteiger partial charge in [0.1, 0.15) is 0 Å². The lowest BCUT2D eigenvalue weighted by Gasteiger charge is -2.31. The van der Waals surface area contributed by atoms with Crippen molar-refractivity contribution in [3.8, 4) is 0 Å². The zero-order valence-corrected chi connectivity index (χ0v) is 12.7. The van der Waals surface area contributed by atoms with Crippen molar-refractivity contribution in [1.82, 2.24) is 5.32 Å². The van der Waals surface area contributed by atoms with Crippen LogP contribution in [0.4, 0.5) is 5.69 Å². The number of nitrogens with one attached hydrogen (secondary N) is 1. The molecular weight excluding hydrogens is 220 g/mol. The molecular formula is C16H28N2. The van der Waals surface area contributed by atoms with E-state index in [-0.39, 0.29) is 0 Å². The molecule has 0 aliphatic carbocycles. The molecule has 0 radical (unpaired) electrons. The molecule has 0 spiro atoms. The summed E-state index contributed by atoms with van der Waals surface area (Å²) >= 11 is 0. The normalized spacial score (nSPS) is 13.1. The molecule has 2 heteroatoms. The van der Waals surface area contributed by atoms with Crippen molar-refractivity contribution in [2.24, 2.45) is 5.92 Å². The molecule has 0 fully saturated rings. The van der Waals surface area contributed by atoms with Gasteiger partial charge in [-0.3, -0.25) is 0 Å². The minimum absolute atomic E-state index is 0.414. The Morgan fingerprint density at radius 3 is 1.94 bits per heavy atom. The van der Waals surface area contributed by atoms with Crippen LogP contribution in [0.1, 0.15) is 46.2 Å². The van der Waals surface area contributed by atoms with E-state index >= 15 is 0 Å². The molecule has 18 heavy (non-hydrogen) atoms. The van der Waals surface area contributed by atoms with E-state index in [1.165, 1.54) is 11.3 Å². The third-order valence-electron chi connectivity index (χ3n) is 3.34. The summed E-state index contributed by atoms with van der Waals surface area (Å²) in [4.78, 5) is 2.47. The summed E-state index contributed by atoms with van der Waals surface area (Å²) in [5, 5.41) is 3.27. The fourth-order valence-electron chi connectivity index (χ4n) is 2.13. The number of hydrogen-bond acceptors (Lipinski definition) is 2. The Labute approximate surface area is 112 Å². The lowest BCUT2D eigenvalue weighted by atomic mass is 10.1. The summed E-state index contributed by atoms with van der Waals surface area (Å²) in [6.45, 7) is 12.3. The second-order valence-electron chi connectivity index (χ2n) is 5.74. The maximum atomic E-state index is 3.27. The van der Waals surface area contributed by atoms with Gasteiger partial charge in [0.2, 0.25) is 0 Å². The quantitative estimate of drug-likeness (QED) is 0.823. The van der Waals surface area contributed by atoms with E-state index in [2.05, 4.69) is 69.1 Å². The summed E-state index contributed by atoms with van der Waals surface area (Å²) in [7, 11) is 2.00. The van der Waals surface area contributed by atoms with Crippen LogP contribution >= 0.6 is 0 Å². The van der Waals surface area contributed by atoms with Crippen LogP contribution in [0.25, 0.3) is 0 Å². The largest absolute Gasteiger partial charge is 0.369 e. The van der Waals surface area contributed by atoms with E-state index in [1.54, 1.807) is 0 Å². The first-order chi connectivity index (χ1) is 8.45. The van der Waals surface area contributed by atoms with Crippen LogP contribution in [-0.4, -0.2) is 19.6 Å². The second kappa shape index (κ2) is 6.79. The number of benzene rings is 1. The highest BCUT2D eigenvalue weighted by Crippen LogP contribution is 2.21. The van der Waals surface area contributed by atoms with Crippen molar-refractivity contribution in [2.45, 2.75) is 46.7 Å². The van der Waals surface area contributed by atoms with Gasteiger partial charge in [-0.15, -0.1) is 0 Å². The Kier molecular flexibility index (Phi) is 5.67. The molecule has 0 aliphatic rings. The molecule has 1 aromatic carbocycles. The fraction of sp³-hybridized carbons (Fsp3) is 0.625. The van der Waals surface area contributed by atoms with Crippen molar-refractivity contribution >= 4 is 5.69 Å². The first-order valence-corrected chi connectivity index (χ1v) is 6.99. The van der Waals surface area contributed by atoms with Gasteiger partial charge in [0.15, 0.2) is 0 Å². The smallest absolute Gasteiger partial charge is 0.0368 e. The second-order valence-corrected chi connectivity index (χ2v) is 5.74. The molecule has 1 N–H and O–H groups in total. The predicted molar refractivity (Wildman–Crippen MR) is 81.2 cm³/mol. The fourth-order valence-corrected chi connectivity index (χ4v) is 2.13. The Morgan fingerprint density at radius 1 is 1.00 bits per heavy atom. The van der Waals surface area contributed by atoms with Crippen LogP contribution in [0, 0.1) is 5.92 Å². The molecule has 0 saturated carbocycles. The third-order valence-corrected chi connectivity index (χ3v) is 3.34. The van der Waals surface area contributed by atoms with Gasteiger partial charge < -0.3 is 10.2 Å². The summed E-state index contributed by atoms with van der Waals surface area (Å²) < 4.78 is 0. The van der Waals surface area contributed by atoms with Crippen molar-refractivity contribution in [1.29, 1.82) is 0 Å². The Balaban J connectivity index is 2.86. The minimum atomic E-state index is 0.414. The highest BCUT2D eigenvalue weighted by atomic mass is 15.2. The number of hydrogen-bond donors (Lipinski definition) is 1. The van der Waals surface area contributed by atoms with Gasteiger partial charge in [-0.1, -0.05) is 26.0 Å². The first kappa shape index (κ1) is 15.0. The molecule has 0 saturated heterocycles. The van der Waals surface area contributed by atoms with Crippen LogP contribution in [0.15, 0.2) is 24.3 Å². The van der Waals surface area contributed by atoms with Gasteiger partial charge in [-0.05, 0) is 51.4 Å². The van der Waals surface area contributed by atoms with E-state index in [1.807, 2.05) is 7.05 Å². The van der Waals surface area contributed by atoms with Crippen molar-refractivity contribution in [3.05, 3.63) is 29.8 Å². The van der Waals surface area contributed by atoms with Crippen LogP contribution in [0.2, 0.25) is 0 Å². The van der Waals surface area contributed by atoms with Crippen LogP contribution < -0.4 is 10.2 Å². The summed E-state index contributed by atoms with van der Waals surface area (Å²) in [6.07, 6.45) is 0. The topological polar surface area (TPSA) is 15.3 Å². The van der Waals surface area contributed by atoms with E-state index < -0.39 is 0 Å². The molecule has 0 aliphatic heterocycles. The van der Waals surface area contributed by atoms with Crippen molar-refractivity contribution < 1.29 is 0 Å². The molecule has 2 nitrogen and oxygen atoms in total. The maximum absolute atomic E-state index is 3.27. The molecule has 0 heterocycles. The molecule has 102 valence electrons. The van der Waals surface area contributed by atoms with Crippen molar-refractivity contribution in [2.75, 3.05) is 18.5 Å². The Bertz CT molecular complexity index is 341. The minimum Gasteiger partial charge on any atom is -0.369 e. The Hall–Kier alpha value is -1.02. The van der Waals surface area contributed by atoms with Gasteiger partial charge in [0, 0.05) is 24.3 Å². The molecule has 0 bridgehead atoms. The summed E-state index contributed by atoms with van der Waals surface area (Å²) in [5.41, 5.74) is 2.67. The molecule has 0 amide bonds. The number of anilines is 1. The molecule has 1 rings (SSSR count). The average Bonchev–Trinajstić information content (AvgIpc) is 2.34. The highest BCUT2D eigenvalue weighted by molar-refractivity contribution is 5.48. The van der Waals surface area contributed by atoms with Gasteiger partial charge in [0.05, 0.1) is 0 Å². The zero-order valence-electron chi connectivity index (χ0n) is 12.7. The van der Waals surface area contributed by atoms with Gasteiger partial charge in [-0.2, -0.15) is 0 Å². The van der Waals surface area contributed by atoms with E-state index in [0.29, 0.717) is 18.0 Å². The van der Waals surface area contributed by atoms with Crippen LogP contribution in [-0.2, 0) is 0 Å². The van der Waals surface area contributed by atoms with Crippen LogP contribution in [0.3, 0.4) is 0 Å². The predicted octanol–water partition coefficient (Wildman–Crippen LogP) is 3.84. The van der Waals surface area contributed by atoms with Gasteiger partial charge in [-0.25, -0.2) is 0 Å². The number of nitrogens with zero attached hydrogens (tertiary/aromatic N) is 1. The SMILES string of the molecule is CNC(C)c1ccc(N(CC(C)C)C(C)C)cc1. The van der Waals surface area contributed by atoms with E-state index in [4.69, 9.17) is 0 Å². The third kappa shape index (κ3) is 4.02. The average molecular weight is 248 g/mol. The number of rotatable bonds is 6. The lowest BCUT2D eigenvalue weighted by Crippen LogP contribution is -2.34. The molecule has 1 unspecified atom stereocenters. The highest BCUT2D eigenvalue weighted by Gasteiger charge is 2.12. The van der Waals surface area contributed by atoms with Gasteiger partial charge in [0.25, 0.3) is 0 Å². The van der Waals surface area contributed by atoms with Gasteiger partial charge >= 0.3 is 0 Å². The monoisotopic (exact) mass is 248 g/mol. The van der Waals surface area contributed by atoms with Crippen molar-refractivity contribution in [3.63, 3.8) is 0 Å². The first-order valence-electron chi connectivity index (χ1n) is 6.99. The van der Waals surface area contributed by atoms with E-state index in [0.717, 1.165) is 6.54 Å².